The summed E-state index contributed by atoms with van der Waals surface area (Å²) in [5.74, 6) is 0.160. The fraction of sp³-hybridized carbons (Fsp3) is 0.478. The monoisotopic (exact) mass is 490 g/mol. The molecule has 0 radical (unpaired) electrons. The first-order valence-corrected chi connectivity index (χ1v) is 10.4. The van der Waals surface area contributed by atoms with Crippen LogP contribution < -0.4 is 4.74 Å². The molecule has 5 nitrogen and oxygen atoms in total. The third kappa shape index (κ3) is 6.12. The molecule has 1 N–H and O–H groups in total. The molecule has 1 amide bonds. The van der Waals surface area contributed by atoms with Crippen molar-refractivity contribution in [3.63, 3.8) is 0 Å². The molecule has 1 heterocycles. The second-order valence-corrected chi connectivity index (χ2v) is 9.53. The Labute approximate surface area is 192 Å². The summed E-state index contributed by atoms with van der Waals surface area (Å²) in [5.41, 5.74) is -4.15. The molecule has 1 saturated carbocycles. The minimum absolute atomic E-state index is 0.0285. The average Bonchev–Trinajstić information content (AvgIpc) is 3.48. The molecule has 0 bridgehead atoms. The summed E-state index contributed by atoms with van der Waals surface area (Å²) in [4.78, 5) is 16.9. The first-order valence-electron chi connectivity index (χ1n) is 10.4. The van der Waals surface area contributed by atoms with Gasteiger partial charge in [0.15, 0.2) is 0 Å². The van der Waals surface area contributed by atoms with Gasteiger partial charge < -0.3 is 14.7 Å². The molecule has 1 aromatic heterocycles. The zero-order chi connectivity index (χ0) is 25.5. The number of ether oxygens (including phenoxy) is 1. The molecule has 0 aliphatic heterocycles. The molecular weight excluding hydrogens is 466 g/mol. The van der Waals surface area contributed by atoms with E-state index in [-0.39, 0.29) is 36.1 Å². The molecule has 0 atom stereocenters. The number of alkyl halides is 6. The van der Waals surface area contributed by atoms with Crippen LogP contribution in [-0.4, -0.2) is 39.8 Å². The SMILES string of the molecule is CC(C)(C)N(CC1(COc2cncc(-c3cc(C(F)(F)F)cc(C(F)(F)F)c3)c2)CC1)C(=O)O. The number of nitrogens with zero attached hydrogens (tertiary/aromatic N) is 2. The average molecular weight is 490 g/mol. The highest BCUT2D eigenvalue weighted by molar-refractivity contribution is 5.67. The Morgan fingerprint density at radius 3 is 1.97 bits per heavy atom. The maximum atomic E-state index is 13.2. The summed E-state index contributed by atoms with van der Waals surface area (Å²) in [6.45, 7) is 5.69. The van der Waals surface area contributed by atoms with Crippen molar-refractivity contribution in [1.82, 2.24) is 9.88 Å². The van der Waals surface area contributed by atoms with Gasteiger partial charge in [-0.25, -0.2) is 4.79 Å². The van der Waals surface area contributed by atoms with Crippen molar-refractivity contribution < 1.29 is 41.0 Å². The molecule has 0 unspecified atom stereocenters. The Morgan fingerprint density at radius 2 is 1.53 bits per heavy atom. The summed E-state index contributed by atoms with van der Waals surface area (Å²) in [7, 11) is 0. The Balaban J connectivity index is 1.83. The van der Waals surface area contributed by atoms with Crippen LogP contribution in [0.2, 0.25) is 0 Å². The lowest BCUT2D eigenvalue weighted by molar-refractivity contribution is -0.143. The van der Waals surface area contributed by atoms with E-state index >= 15 is 0 Å². The van der Waals surface area contributed by atoms with Crippen molar-refractivity contribution in [1.29, 1.82) is 0 Å². The molecule has 34 heavy (non-hydrogen) atoms. The quantitative estimate of drug-likeness (QED) is 0.457. The number of hydrogen-bond donors (Lipinski definition) is 1. The molecule has 186 valence electrons. The highest BCUT2D eigenvalue weighted by atomic mass is 19.4. The minimum atomic E-state index is -4.96. The van der Waals surface area contributed by atoms with E-state index in [4.69, 9.17) is 4.74 Å². The van der Waals surface area contributed by atoms with E-state index in [1.165, 1.54) is 17.2 Å². The summed E-state index contributed by atoms with van der Waals surface area (Å²) in [5, 5.41) is 9.52. The fourth-order valence-electron chi connectivity index (χ4n) is 3.47. The van der Waals surface area contributed by atoms with E-state index in [2.05, 4.69) is 4.98 Å². The van der Waals surface area contributed by atoms with Crippen LogP contribution in [-0.2, 0) is 12.4 Å². The van der Waals surface area contributed by atoms with Crippen LogP contribution >= 0.6 is 0 Å². The number of hydrogen-bond acceptors (Lipinski definition) is 3. The van der Waals surface area contributed by atoms with Crippen molar-refractivity contribution in [2.75, 3.05) is 13.2 Å². The van der Waals surface area contributed by atoms with Crippen LogP contribution in [0, 0.1) is 5.41 Å². The van der Waals surface area contributed by atoms with E-state index in [1.807, 2.05) is 0 Å². The predicted octanol–water partition coefficient (Wildman–Crippen LogP) is 6.72. The minimum Gasteiger partial charge on any atom is -0.491 e. The number of carboxylic acid groups (broad SMARTS) is 1. The smallest absolute Gasteiger partial charge is 0.416 e. The van der Waals surface area contributed by atoms with Crippen LogP contribution in [0.5, 0.6) is 5.75 Å². The topological polar surface area (TPSA) is 62.7 Å². The third-order valence-electron chi connectivity index (χ3n) is 5.67. The van der Waals surface area contributed by atoms with E-state index < -0.39 is 40.5 Å². The lowest BCUT2D eigenvalue weighted by atomic mass is 10.00. The number of rotatable bonds is 6. The summed E-state index contributed by atoms with van der Waals surface area (Å²) in [6, 6.07) is 2.65. The summed E-state index contributed by atoms with van der Waals surface area (Å²) in [6.07, 6.45) is -7.08. The molecule has 0 spiro atoms. The van der Waals surface area contributed by atoms with Gasteiger partial charge in [0, 0.05) is 29.3 Å². The lowest BCUT2D eigenvalue weighted by Crippen LogP contribution is -2.48. The van der Waals surface area contributed by atoms with Crippen molar-refractivity contribution in [3.05, 3.63) is 47.8 Å². The van der Waals surface area contributed by atoms with Crippen molar-refractivity contribution in [3.8, 4) is 16.9 Å². The molecule has 1 aliphatic rings. The van der Waals surface area contributed by atoms with Gasteiger partial charge in [0.05, 0.1) is 23.9 Å². The van der Waals surface area contributed by atoms with E-state index in [0.717, 1.165) is 19.0 Å². The van der Waals surface area contributed by atoms with Crippen LogP contribution in [0.1, 0.15) is 44.7 Å². The third-order valence-corrected chi connectivity index (χ3v) is 5.67. The van der Waals surface area contributed by atoms with Crippen LogP contribution in [0.3, 0.4) is 0 Å². The van der Waals surface area contributed by atoms with Gasteiger partial charge in [-0.05, 0) is 63.4 Å². The summed E-state index contributed by atoms with van der Waals surface area (Å²) >= 11 is 0. The normalized spacial score (nSPS) is 15.7. The fourth-order valence-corrected chi connectivity index (χ4v) is 3.47. The number of amides is 1. The Hall–Kier alpha value is -2.98. The van der Waals surface area contributed by atoms with Gasteiger partial charge in [-0.1, -0.05) is 0 Å². The largest absolute Gasteiger partial charge is 0.491 e. The van der Waals surface area contributed by atoms with E-state index in [9.17, 15) is 36.2 Å². The maximum absolute atomic E-state index is 13.2. The van der Waals surface area contributed by atoms with Gasteiger partial charge in [-0.15, -0.1) is 0 Å². The van der Waals surface area contributed by atoms with Gasteiger partial charge in [0.2, 0.25) is 0 Å². The second-order valence-electron chi connectivity index (χ2n) is 9.53. The molecule has 1 aromatic carbocycles. The molecule has 0 saturated heterocycles. The van der Waals surface area contributed by atoms with Gasteiger partial charge in [-0.3, -0.25) is 4.98 Å². The zero-order valence-corrected chi connectivity index (χ0v) is 18.7. The Bertz CT molecular complexity index is 1020. The number of aromatic nitrogens is 1. The van der Waals surface area contributed by atoms with Crippen LogP contribution in [0.25, 0.3) is 11.1 Å². The van der Waals surface area contributed by atoms with Gasteiger partial charge in [0.25, 0.3) is 0 Å². The molecule has 2 aromatic rings. The highest BCUT2D eigenvalue weighted by Gasteiger charge is 2.47. The molecular formula is C23H24F6N2O3. The summed E-state index contributed by atoms with van der Waals surface area (Å²) < 4.78 is 84.8. The first kappa shape index (κ1) is 25.6. The molecule has 3 rings (SSSR count). The van der Waals surface area contributed by atoms with E-state index in [0.29, 0.717) is 12.1 Å². The van der Waals surface area contributed by atoms with Gasteiger partial charge in [0.1, 0.15) is 5.75 Å². The van der Waals surface area contributed by atoms with Crippen LogP contribution in [0.15, 0.2) is 36.7 Å². The number of benzene rings is 1. The predicted molar refractivity (Wildman–Crippen MR) is 111 cm³/mol. The number of carbonyl (C=O) groups is 1. The maximum Gasteiger partial charge on any atom is 0.416 e. The molecule has 11 heteroatoms. The van der Waals surface area contributed by atoms with Crippen molar-refractivity contribution in [2.45, 2.75) is 51.5 Å². The molecule has 1 aliphatic carbocycles. The van der Waals surface area contributed by atoms with Crippen molar-refractivity contribution in [2.24, 2.45) is 5.41 Å². The number of halogens is 6. The number of pyridine rings is 1. The second kappa shape index (κ2) is 8.66. The van der Waals surface area contributed by atoms with Gasteiger partial charge >= 0.3 is 18.4 Å². The lowest BCUT2D eigenvalue weighted by Gasteiger charge is -2.36. The van der Waals surface area contributed by atoms with E-state index in [1.54, 1.807) is 20.8 Å². The first-order chi connectivity index (χ1) is 15.5. The Kier molecular flexibility index (Phi) is 6.53. The zero-order valence-electron chi connectivity index (χ0n) is 18.7. The standard InChI is InChI=1S/C23H24F6N2O3/c1-20(2,3)31(19(32)33)12-21(4-5-21)13-34-18-8-15(10-30-11-18)14-6-16(22(24,25)26)9-17(7-14)23(27,28)29/h6-11H,4-5,12-13H2,1-3H3,(H,32,33). The van der Waals surface area contributed by atoms with Crippen LogP contribution in [0.4, 0.5) is 31.1 Å². The van der Waals surface area contributed by atoms with Gasteiger partial charge in [-0.2, -0.15) is 26.3 Å². The molecule has 1 fully saturated rings. The Morgan fingerprint density at radius 1 is 0.971 bits per heavy atom. The van der Waals surface area contributed by atoms with Crippen molar-refractivity contribution >= 4 is 6.09 Å². The highest BCUT2D eigenvalue weighted by Crippen LogP contribution is 2.47.